The zero-order valence-corrected chi connectivity index (χ0v) is 11.0. The van der Waals surface area contributed by atoms with E-state index in [0.29, 0.717) is 19.8 Å². The van der Waals surface area contributed by atoms with Crippen molar-refractivity contribution in [3.8, 4) is 5.75 Å². The van der Waals surface area contributed by atoms with Crippen molar-refractivity contribution in [3.05, 3.63) is 29.3 Å². The van der Waals surface area contributed by atoms with E-state index in [9.17, 15) is 0 Å². The molecule has 0 aliphatic rings. The van der Waals surface area contributed by atoms with Crippen LogP contribution in [-0.4, -0.2) is 25.9 Å². The lowest BCUT2D eigenvalue weighted by Crippen LogP contribution is -2.21. The molecular formula is C14H23NO2. The third kappa shape index (κ3) is 4.75. The molecule has 0 saturated carbocycles. The van der Waals surface area contributed by atoms with Crippen molar-refractivity contribution in [2.45, 2.75) is 33.3 Å². The minimum Gasteiger partial charge on any atom is -0.493 e. The van der Waals surface area contributed by atoms with E-state index in [1.807, 2.05) is 13.0 Å². The van der Waals surface area contributed by atoms with Gasteiger partial charge in [-0.05, 0) is 31.9 Å². The van der Waals surface area contributed by atoms with Crippen LogP contribution >= 0.6 is 0 Å². The number of aryl methyl sites for hydroxylation is 2. The molecule has 0 fully saturated rings. The van der Waals surface area contributed by atoms with Crippen LogP contribution in [0.15, 0.2) is 18.2 Å². The average Bonchev–Trinajstić information content (AvgIpc) is 2.31. The molecule has 0 bridgehead atoms. The first-order valence-corrected chi connectivity index (χ1v) is 6.16. The molecule has 1 aromatic carbocycles. The molecule has 17 heavy (non-hydrogen) atoms. The van der Waals surface area contributed by atoms with Gasteiger partial charge in [0.25, 0.3) is 0 Å². The van der Waals surface area contributed by atoms with E-state index in [4.69, 9.17) is 15.2 Å². The predicted octanol–water partition coefficient (Wildman–Crippen LogP) is 2.44. The number of para-hydroxylation sites is 1. The largest absolute Gasteiger partial charge is 0.493 e. The maximum Gasteiger partial charge on any atom is 0.125 e. The molecule has 1 rings (SSSR count). The molecule has 0 aliphatic heterocycles. The zero-order valence-electron chi connectivity index (χ0n) is 11.0. The van der Waals surface area contributed by atoms with Crippen LogP contribution in [-0.2, 0) is 4.74 Å². The summed E-state index contributed by atoms with van der Waals surface area (Å²) in [6.07, 6.45) is 1.02. The van der Waals surface area contributed by atoms with Crippen LogP contribution in [0.25, 0.3) is 0 Å². The lowest BCUT2D eigenvalue weighted by atomic mass is 10.1. The molecule has 1 unspecified atom stereocenters. The molecule has 0 aromatic heterocycles. The van der Waals surface area contributed by atoms with Crippen molar-refractivity contribution in [3.63, 3.8) is 0 Å². The Kier molecular flexibility index (Phi) is 6.01. The third-order valence-corrected chi connectivity index (χ3v) is 2.68. The number of hydrogen-bond acceptors (Lipinski definition) is 3. The van der Waals surface area contributed by atoms with Crippen molar-refractivity contribution in [2.75, 3.05) is 19.8 Å². The van der Waals surface area contributed by atoms with Gasteiger partial charge in [-0.3, -0.25) is 0 Å². The molecule has 96 valence electrons. The van der Waals surface area contributed by atoms with Crippen LogP contribution in [0.1, 0.15) is 24.5 Å². The van der Waals surface area contributed by atoms with Crippen LogP contribution in [0.2, 0.25) is 0 Å². The second kappa shape index (κ2) is 7.30. The van der Waals surface area contributed by atoms with Crippen LogP contribution < -0.4 is 10.5 Å². The normalized spacial score (nSPS) is 12.5. The summed E-state index contributed by atoms with van der Waals surface area (Å²) in [7, 11) is 0. The van der Waals surface area contributed by atoms with Gasteiger partial charge in [0.2, 0.25) is 0 Å². The highest BCUT2D eigenvalue weighted by Gasteiger charge is 2.03. The van der Waals surface area contributed by atoms with E-state index in [1.54, 1.807) is 0 Å². The van der Waals surface area contributed by atoms with Gasteiger partial charge in [0.05, 0.1) is 19.3 Å². The fourth-order valence-electron chi connectivity index (χ4n) is 1.61. The highest BCUT2D eigenvalue weighted by Crippen LogP contribution is 2.22. The second-order valence-electron chi connectivity index (χ2n) is 4.34. The summed E-state index contributed by atoms with van der Waals surface area (Å²) in [5, 5.41) is 0. The molecular weight excluding hydrogens is 214 g/mol. The number of rotatable bonds is 7. The van der Waals surface area contributed by atoms with E-state index < -0.39 is 0 Å². The van der Waals surface area contributed by atoms with Crippen molar-refractivity contribution < 1.29 is 9.47 Å². The fourth-order valence-corrected chi connectivity index (χ4v) is 1.61. The molecule has 1 atom stereocenters. The summed E-state index contributed by atoms with van der Waals surface area (Å²) in [6.45, 7) is 8.06. The smallest absolute Gasteiger partial charge is 0.125 e. The molecule has 0 spiro atoms. The van der Waals surface area contributed by atoms with Crippen molar-refractivity contribution in [2.24, 2.45) is 5.73 Å². The van der Waals surface area contributed by atoms with Crippen molar-refractivity contribution >= 4 is 0 Å². The van der Waals surface area contributed by atoms with Crippen LogP contribution in [0.4, 0.5) is 0 Å². The minimum atomic E-state index is 0.134. The summed E-state index contributed by atoms with van der Waals surface area (Å²) in [6, 6.07) is 6.17. The van der Waals surface area contributed by atoms with Crippen molar-refractivity contribution in [1.82, 2.24) is 0 Å². The fraction of sp³-hybridized carbons (Fsp3) is 0.571. The van der Waals surface area contributed by atoms with E-state index in [2.05, 4.69) is 26.0 Å². The van der Waals surface area contributed by atoms with Crippen molar-refractivity contribution in [1.29, 1.82) is 0 Å². The average molecular weight is 237 g/mol. The molecule has 0 aliphatic carbocycles. The monoisotopic (exact) mass is 237 g/mol. The standard InChI is InChI=1S/C14H23NO2/c1-11-6-4-7-12(2)14(11)17-9-5-8-16-13(3)10-15/h4,6-7,13H,5,8-10,15H2,1-3H3. The quantitative estimate of drug-likeness (QED) is 0.741. The molecule has 1 aromatic rings. The van der Waals surface area contributed by atoms with Gasteiger partial charge in [-0.2, -0.15) is 0 Å². The van der Waals surface area contributed by atoms with E-state index in [-0.39, 0.29) is 6.10 Å². The van der Waals surface area contributed by atoms with Gasteiger partial charge >= 0.3 is 0 Å². The first-order chi connectivity index (χ1) is 8.15. The summed E-state index contributed by atoms with van der Waals surface area (Å²) in [5.41, 5.74) is 7.82. The van der Waals surface area contributed by atoms with Gasteiger partial charge in [-0.1, -0.05) is 18.2 Å². The highest BCUT2D eigenvalue weighted by molar-refractivity contribution is 5.39. The minimum absolute atomic E-state index is 0.134. The lowest BCUT2D eigenvalue weighted by molar-refractivity contribution is 0.0630. The predicted molar refractivity (Wildman–Crippen MR) is 70.5 cm³/mol. The Labute approximate surface area is 104 Å². The van der Waals surface area contributed by atoms with E-state index in [0.717, 1.165) is 12.2 Å². The molecule has 3 heteroatoms. The molecule has 0 radical (unpaired) electrons. The van der Waals surface area contributed by atoms with Gasteiger partial charge in [0, 0.05) is 13.0 Å². The summed E-state index contributed by atoms with van der Waals surface area (Å²) >= 11 is 0. The maximum absolute atomic E-state index is 5.77. The molecule has 0 saturated heterocycles. The molecule has 3 nitrogen and oxygen atoms in total. The first kappa shape index (κ1) is 14.0. The lowest BCUT2D eigenvalue weighted by Gasteiger charge is -2.13. The Morgan fingerprint density at radius 2 is 1.82 bits per heavy atom. The SMILES string of the molecule is Cc1cccc(C)c1OCCCOC(C)CN. The van der Waals surface area contributed by atoms with Crippen LogP contribution in [0, 0.1) is 13.8 Å². The van der Waals surface area contributed by atoms with Crippen LogP contribution in [0.5, 0.6) is 5.75 Å². The molecule has 0 heterocycles. The second-order valence-corrected chi connectivity index (χ2v) is 4.34. The third-order valence-electron chi connectivity index (χ3n) is 2.68. The molecule has 0 amide bonds. The zero-order chi connectivity index (χ0) is 12.7. The van der Waals surface area contributed by atoms with E-state index in [1.165, 1.54) is 11.1 Å². The van der Waals surface area contributed by atoms with Gasteiger partial charge in [-0.15, -0.1) is 0 Å². The summed E-state index contributed by atoms with van der Waals surface area (Å²) in [4.78, 5) is 0. The Bertz CT molecular complexity index is 319. The number of benzene rings is 1. The first-order valence-electron chi connectivity index (χ1n) is 6.16. The Hall–Kier alpha value is -1.06. The number of ether oxygens (including phenoxy) is 2. The maximum atomic E-state index is 5.77. The van der Waals surface area contributed by atoms with Gasteiger partial charge in [-0.25, -0.2) is 0 Å². The van der Waals surface area contributed by atoms with E-state index >= 15 is 0 Å². The molecule has 2 N–H and O–H groups in total. The summed E-state index contributed by atoms with van der Waals surface area (Å²) < 4.78 is 11.3. The Morgan fingerprint density at radius 1 is 1.18 bits per heavy atom. The highest BCUT2D eigenvalue weighted by atomic mass is 16.5. The van der Waals surface area contributed by atoms with Gasteiger partial charge in [0.15, 0.2) is 0 Å². The summed E-state index contributed by atoms with van der Waals surface area (Å²) in [5.74, 6) is 0.999. The topological polar surface area (TPSA) is 44.5 Å². The number of nitrogens with two attached hydrogens (primary N) is 1. The number of hydrogen-bond donors (Lipinski definition) is 1. The van der Waals surface area contributed by atoms with Gasteiger partial charge < -0.3 is 15.2 Å². The Morgan fingerprint density at radius 3 is 2.41 bits per heavy atom. The Balaban J connectivity index is 2.27. The van der Waals surface area contributed by atoms with Gasteiger partial charge in [0.1, 0.15) is 5.75 Å². The van der Waals surface area contributed by atoms with Crippen LogP contribution in [0.3, 0.4) is 0 Å².